The van der Waals surface area contributed by atoms with Crippen molar-refractivity contribution in [1.82, 2.24) is 0 Å². The number of anilines is 2. The Labute approximate surface area is 159 Å². The third-order valence-corrected chi connectivity index (χ3v) is 5.80. The molecule has 5 rings (SSSR count). The fourth-order valence-corrected chi connectivity index (χ4v) is 4.28. The number of aryl methyl sites for hydroxylation is 1. The molecule has 2 aromatic rings. The Balaban J connectivity index is 1.28. The van der Waals surface area contributed by atoms with Crippen molar-refractivity contribution in [3.05, 3.63) is 47.5 Å². The van der Waals surface area contributed by atoms with E-state index in [0.717, 1.165) is 48.8 Å². The average Bonchev–Trinajstić information content (AvgIpc) is 3.45. The Hall–Kier alpha value is -2.69. The van der Waals surface area contributed by atoms with Crippen LogP contribution in [0, 0.1) is 0 Å². The molecule has 27 heavy (non-hydrogen) atoms. The van der Waals surface area contributed by atoms with Crippen LogP contribution in [0.4, 0.5) is 11.4 Å². The molecule has 140 valence electrons. The number of carbonyl (C=O) groups is 1. The van der Waals surface area contributed by atoms with Gasteiger partial charge in [-0.15, -0.1) is 0 Å². The van der Waals surface area contributed by atoms with Crippen LogP contribution in [-0.4, -0.2) is 32.3 Å². The number of ether oxygens (including phenoxy) is 2. The molecule has 0 aromatic heterocycles. The van der Waals surface area contributed by atoms with Crippen molar-refractivity contribution in [3.8, 4) is 11.5 Å². The highest BCUT2D eigenvalue weighted by molar-refractivity contribution is 5.96. The van der Waals surface area contributed by atoms with Crippen LogP contribution in [0.15, 0.2) is 36.4 Å². The maximum Gasteiger partial charge on any atom is 0.231 e. The monoisotopic (exact) mass is 364 g/mol. The molecule has 2 aromatic carbocycles. The second kappa shape index (κ2) is 6.80. The molecule has 0 atom stereocenters. The lowest BCUT2D eigenvalue weighted by atomic mass is 10.1. The zero-order valence-electron chi connectivity index (χ0n) is 15.4. The molecule has 1 saturated heterocycles. The molecular weight excluding hydrogens is 340 g/mol. The number of hydrogen-bond acceptors (Lipinski definition) is 4. The summed E-state index contributed by atoms with van der Waals surface area (Å²) < 4.78 is 10.8. The van der Waals surface area contributed by atoms with Crippen molar-refractivity contribution in [2.24, 2.45) is 0 Å². The van der Waals surface area contributed by atoms with Crippen molar-refractivity contribution >= 4 is 17.3 Å². The second-order valence-corrected chi connectivity index (χ2v) is 7.49. The minimum Gasteiger partial charge on any atom is -0.454 e. The predicted molar refractivity (Wildman–Crippen MR) is 105 cm³/mol. The second-order valence-electron chi connectivity index (χ2n) is 7.49. The lowest BCUT2D eigenvalue weighted by Gasteiger charge is -2.22. The Kier molecular flexibility index (Phi) is 4.15. The number of amides is 1. The Bertz CT molecular complexity index is 874. The summed E-state index contributed by atoms with van der Waals surface area (Å²) in [6, 6.07) is 12.6. The van der Waals surface area contributed by atoms with Gasteiger partial charge >= 0.3 is 0 Å². The number of benzene rings is 2. The van der Waals surface area contributed by atoms with E-state index in [4.69, 9.17) is 9.47 Å². The molecule has 3 heterocycles. The lowest BCUT2D eigenvalue weighted by molar-refractivity contribution is -0.118. The van der Waals surface area contributed by atoms with Crippen LogP contribution >= 0.6 is 0 Å². The summed E-state index contributed by atoms with van der Waals surface area (Å²) in [7, 11) is 0. The van der Waals surface area contributed by atoms with Crippen LogP contribution < -0.4 is 19.3 Å². The summed E-state index contributed by atoms with van der Waals surface area (Å²) in [6.45, 7) is 3.31. The van der Waals surface area contributed by atoms with E-state index in [0.29, 0.717) is 12.8 Å². The number of rotatable bonds is 4. The van der Waals surface area contributed by atoms with Gasteiger partial charge in [0.15, 0.2) is 11.5 Å². The maximum absolute atomic E-state index is 12.9. The number of nitrogens with zero attached hydrogens (tertiary/aromatic N) is 2. The molecular formula is C22H24N2O3. The van der Waals surface area contributed by atoms with Gasteiger partial charge in [-0.25, -0.2) is 0 Å². The third-order valence-electron chi connectivity index (χ3n) is 5.80. The first kappa shape index (κ1) is 16.5. The molecule has 0 unspecified atom stereocenters. The average molecular weight is 364 g/mol. The highest BCUT2D eigenvalue weighted by atomic mass is 16.7. The summed E-state index contributed by atoms with van der Waals surface area (Å²) in [4.78, 5) is 17.3. The van der Waals surface area contributed by atoms with Crippen LogP contribution in [0.3, 0.4) is 0 Å². The van der Waals surface area contributed by atoms with Gasteiger partial charge in [0, 0.05) is 37.4 Å². The standard InChI is InChI=1S/C22H24N2O3/c25-22(8-4-16-3-7-20-21(13-16)27-15-26-20)24-12-9-17-5-6-18(14-19(17)24)23-10-1-2-11-23/h3,5-7,13-14H,1-2,4,8-12,15H2. The van der Waals surface area contributed by atoms with Gasteiger partial charge in [0.2, 0.25) is 12.7 Å². The molecule has 0 N–H and O–H groups in total. The largest absolute Gasteiger partial charge is 0.454 e. The van der Waals surface area contributed by atoms with Crippen molar-refractivity contribution < 1.29 is 14.3 Å². The SMILES string of the molecule is O=C(CCc1ccc2c(c1)OCO2)N1CCc2ccc(N3CCCC3)cc21. The third kappa shape index (κ3) is 3.11. The molecule has 0 aliphatic carbocycles. The van der Waals surface area contributed by atoms with Gasteiger partial charge in [-0.1, -0.05) is 12.1 Å². The highest BCUT2D eigenvalue weighted by Crippen LogP contribution is 2.35. The van der Waals surface area contributed by atoms with Crippen molar-refractivity contribution in [2.45, 2.75) is 32.1 Å². The van der Waals surface area contributed by atoms with Gasteiger partial charge in [0.1, 0.15) is 0 Å². The van der Waals surface area contributed by atoms with Gasteiger partial charge < -0.3 is 19.3 Å². The molecule has 1 fully saturated rings. The zero-order chi connectivity index (χ0) is 18.2. The first-order chi connectivity index (χ1) is 13.3. The summed E-state index contributed by atoms with van der Waals surface area (Å²) >= 11 is 0. The number of fused-ring (bicyclic) bond motifs is 2. The molecule has 0 bridgehead atoms. The predicted octanol–water partition coefficient (Wildman–Crippen LogP) is 3.54. The topological polar surface area (TPSA) is 42.0 Å². The van der Waals surface area contributed by atoms with E-state index in [-0.39, 0.29) is 12.7 Å². The maximum atomic E-state index is 12.9. The number of carbonyl (C=O) groups excluding carboxylic acids is 1. The molecule has 0 saturated carbocycles. The van der Waals surface area contributed by atoms with E-state index in [9.17, 15) is 4.79 Å². The molecule has 1 amide bonds. The Morgan fingerprint density at radius 1 is 0.963 bits per heavy atom. The van der Waals surface area contributed by atoms with E-state index < -0.39 is 0 Å². The van der Waals surface area contributed by atoms with Crippen molar-refractivity contribution in [2.75, 3.05) is 36.2 Å². The first-order valence-corrected chi connectivity index (χ1v) is 9.85. The van der Waals surface area contributed by atoms with Crippen LogP contribution in [0.5, 0.6) is 11.5 Å². The fraction of sp³-hybridized carbons (Fsp3) is 0.409. The minimum atomic E-state index is 0.199. The number of hydrogen-bond donors (Lipinski definition) is 0. The zero-order valence-corrected chi connectivity index (χ0v) is 15.4. The van der Waals surface area contributed by atoms with Crippen LogP contribution in [-0.2, 0) is 17.6 Å². The summed E-state index contributed by atoms with van der Waals surface area (Å²) in [5.74, 6) is 1.76. The van der Waals surface area contributed by atoms with E-state index in [1.807, 2.05) is 23.1 Å². The van der Waals surface area contributed by atoms with E-state index in [2.05, 4.69) is 23.1 Å². The molecule has 0 radical (unpaired) electrons. The van der Waals surface area contributed by atoms with Gasteiger partial charge in [-0.3, -0.25) is 4.79 Å². The van der Waals surface area contributed by atoms with Crippen molar-refractivity contribution in [1.29, 1.82) is 0 Å². The minimum absolute atomic E-state index is 0.199. The normalized spacial score (nSPS) is 17.5. The smallest absolute Gasteiger partial charge is 0.231 e. The Morgan fingerprint density at radius 3 is 2.70 bits per heavy atom. The van der Waals surface area contributed by atoms with Crippen LogP contribution in [0.2, 0.25) is 0 Å². The lowest BCUT2D eigenvalue weighted by Crippen LogP contribution is -2.29. The van der Waals surface area contributed by atoms with Gasteiger partial charge in [0.05, 0.1) is 0 Å². The molecule has 5 heteroatoms. The molecule has 0 spiro atoms. The van der Waals surface area contributed by atoms with Gasteiger partial charge in [-0.2, -0.15) is 0 Å². The van der Waals surface area contributed by atoms with E-state index >= 15 is 0 Å². The molecule has 3 aliphatic heterocycles. The quantitative estimate of drug-likeness (QED) is 0.832. The first-order valence-electron chi connectivity index (χ1n) is 9.85. The highest BCUT2D eigenvalue weighted by Gasteiger charge is 2.26. The summed E-state index contributed by atoms with van der Waals surface area (Å²) in [5.41, 5.74) is 4.75. The Morgan fingerprint density at radius 2 is 1.81 bits per heavy atom. The fourth-order valence-electron chi connectivity index (χ4n) is 4.28. The van der Waals surface area contributed by atoms with Gasteiger partial charge in [-0.05, 0) is 61.1 Å². The van der Waals surface area contributed by atoms with Crippen molar-refractivity contribution in [3.63, 3.8) is 0 Å². The summed E-state index contributed by atoms with van der Waals surface area (Å²) in [6.07, 6.45) is 4.69. The van der Waals surface area contributed by atoms with E-state index in [1.54, 1.807) is 0 Å². The summed E-state index contributed by atoms with van der Waals surface area (Å²) in [5, 5.41) is 0. The van der Waals surface area contributed by atoms with Gasteiger partial charge in [0.25, 0.3) is 0 Å². The van der Waals surface area contributed by atoms with Crippen LogP contribution in [0.1, 0.15) is 30.4 Å². The molecule has 3 aliphatic rings. The van der Waals surface area contributed by atoms with E-state index in [1.165, 1.54) is 24.1 Å². The van der Waals surface area contributed by atoms with Crippen LogP contribution in [0.25, 0.3) is 0 Å². The molecule has 5 nitrogen and oxygen atoms in total.